The van der Waals surface area contributed by atoms with Gasteiger partial charge in [0.25, 0.3) is 5.69 Å². The second kappa shape index (κ2) is 6.38. The number of anilines is 1. The van der Waals surface area contributed by atoms with Gasteiger partial charge in [-0.05, 0) is 31.2 Å². The third kappa shape index (κ3) is 3.47. The first-order valence-electron chi connectivity index (χ1n) is 7.05. The van der Waals surface area contributed by atoms with Crippen molar-refractivity contribution in [1.29, 1.82) is 5.26 Å². The van der Waals surface area contributed by atoms with Gasteiger partial charge >= 0.3 is 0 Å². The van der Waals surface area contributed by atoms with Gasteiger partial charge < -0.3 is 5.32 Å². The molecule has 1 saturated carbocycles. The number of nitro groups is 1. The molecule has 2 unspecified atom stereocenters. The smallest absolute Gasteiger partial charge is 0.270 e. The minimum atomic E-state index is -0.474. The summed E-state index contributed by atoms with van der Waals surface area (Å²) in [7, 11) is 0. The van der Waals surface area contributed by atoms with Gasteiger partial charge in [0.15, 0.2) is 0 Å². The lowest BCUT2D eigenvalue weighted by molar-refractivity contribution is -0.384. The van der Waals surface area contributed by atoms with Crippen molar-refractivity contribution in [1.82, 2.24) is 0 Å². The highest BCUT2D eigenvalue weighted by atomic mass is 16.6. The lowest BCUT2D eigenvalue weighted by Gasteiger charge is -2.18. The largest absolute Gasteiger partial charge is 0.381 e. The van der Waals surface area contributed by atoms with E-state index in [2.05, 4.69) is 12.2 Å². The van der Waals surface area contributed by atoms with Crippen LogP contribution in [0, 0.1) is 27.4 Å². The quantitative estimate of drug-likeness (QED) is 0.515. The molecule has 1 aliphatic rings. The Morgan fingerprint density at radius 3 is 2.85 bits per heavy atom. The predicted molar refractivity (Wildman–Crippen MR) is 77.5 cm³/mol. The molecule has 0 saturated heterocycles. The molecule has 1 aliphatic carbocycles. The van der Waals surface area contributed by atoms with E-state index < -0.39 is 4.92 Å². The fourth-order valence-corrected chi connectivity index (χ4v) is 2.72. The number of hydrogen-bond donors (Lipinski definition) is 1. The van der Waals surface area contributed by atoms with Crippen LogP contribution in [0.2, 0.25) is 0 Å². The van der Waals surface area contributed by atoms with E-state index in [-0.39, 0.29) is 5.69 Å². The van der Waals surface area contributed by atoms with Crippen molar-refractivity contribution in [2.24, 2.45) is 5.92 Å². The molecule has 0 spiro atoms. The summed E-state index contributed by atoms with van der Waals surface area (Å²) in [6.45, 7) is 2.27. The maximum atomic E-state index is 10.7. The lowest BCUT2D eigenvalue weighted by Crippen LogP contribution is -2.19. The molecule has 2 rings (SSSR count). The molecule has 0 bridgehead atoms. The summed E-state index contributed by atoms with van der Waals surface area (Å²) in [5.41, 5.74) is 1.01. The van der Waals surface area contributed by atoms with Gasteiger partial charge in [-0.25, -0.2) is 0 Å². The zero-order valence-electron chi connectivity index (χ0n) is 11.6. The Hall–Kier alpha value is -2.09. The van der Waals surface area contributed by atoms with E-state index in [9.17, 15) is 10.1 Å². The van der Waals surface area contributed by atoms with Crippen LogP contribution in [0.25, 0.3) is 0 Å². The Kier molecular flexibility index (Phi) is 4.57. The van der Waals surface area contributed by atoms with Crippen LogP contribution in [0.1, 0.15) is 44.6 Å². The van der Waals surface area contributed by atoms with Gasteiger partial charge in [0.05, 0.1) is 16.2 Å². The summed E-state index contributed by atoms with van der Waals surface area (Å²) in [5, 5.41) is 23.2. The first-order chi connectivity index (χ1) is 9.60. The Balaban J connectivity index is 2.12. The fourth-order valence-electron chi connectivity index (χ4n) is 2.72. The Bertz CT molecular complexity index is 536. The molecule has 0 heterocycles. The molecule has 106 valence electrons. The number of rotatable bonds is 3. The van der Waals surface area contributed by atoms with Crippen molar-refractivity contribution in [2.75, 3.05) is 5.32 Å². The van der Waals surface area contributed by atoms with Crippen LogP contribution in [0.3, 0.4) is 0 Å². The van der Waals surface area contributed by atoms with Crippen molar-refractivity contribution < 1.29 is 4.92 Å². The number of nitrogens with zero attached hydrogens (tertiary/aromatic N) is 2. The number of benzene rings is 1. The van der Waals surface area contributed by atoms with Crippen LogP contribution in [-0.2, 0) is 0 Å². The van der Waals surface area contributed by atoms with Crippen LogP contribution in [0.4, 0.5) is 11.4 Å². The normalized spacial score (nSPS) is 22.6. The van der Waals surface area contributed by atoms with Gasteiger partial charge in [0.1, 0.15) is 6.07 Å². The summed E-state index contributed by atoms with van der Waals surface area (Å²) < 4.78 is 0. The first kappa shape index (κ1) is 14.3. The average molecular weight is 273 g/mol. The van der Waals surface area contributed by atoms with Gasteiger partial charge in [-0.2, -0.15) is 5.26 Å². The average Bonchev–Trinajstić information content (AvgIpc) is 2.64. The van der Waals surface area contributed by atoms with Crippen molar-refractivity contribution in [3.63, 3.8) is 0 Å². The molecule has 20 heavy (non-hydrogen) atoms. The van der Waals surface area contributed by atoms with E-state index in [1.165, 1.54) is 31.4 Å². The molecule has 1 fully saturated rings. The molecule has 1 N–H and O–H groups in total. The molecular weight excluding hydrogens is 254 g/mol. The van der Waals surface area contributed by atoms with Gasteiger partial charge in [0.2, 0.25) is 0 Å². The van der Waals surface area contributed by atoms with Crippen LogP contribution >= 0.6 is 0 Å². The lowest BCUT2D eigenvalue weighted by atomic mass is 10.0. The number of hydrogen-bond acceptors (Lipinski definition) is 4. The van der Waals surface area contributed by atoms with E-state index in [4.69, 9.17) is 5.26 Å². The summed E-state index contributed by atoms with van der Waals surface area (Å²) in [5.74, 6) is 0.758. The predicted octanol–water partition coefficient (Wildman–Crippen LogP) is 3.85. The molecule has 0 radical (unpaired) electrons. The SMILES string of the molecule is CC1CCCC(Nc2ccc([N+](=O)[O-])cc2C#N)CC1. The maximum absolute atomic E-state index is 10.7. The molecule has 1 aromatic carbocycles. The van der Waals surface area contributed by atoms with Gasteiger partial charge in [-0.1, -0.05) is 19.8 Å². The van der Waals surface area contributed by atoms with Gasteiger partial charge in [-0.15, -0.1) is 0 Å². The third-order valence-electron chi connectivity index (χ3n) is 3.95. The van der Waals surface area contributed by atoms with E-state index in [1.807, 2.05) is 6.07 Å². The summed E-state index contributed by atoms with van der Waals surface area (Å²) >= 11 is 0. The van der Waals surface area contributed by atoms with E-state index >= 15 is 0 Å². The summed E-state index contributed by atoms with van der Waals surface area (Å²) in [4.78, 5) is 10.3. The van der Waals surface area contributed by atoms with Crippen molar-refractivity contribution >= 4 is 11.4 Å². The van der Waals surface area contributed by atoms with Crippen LogP contribution in [0.15, 0.2) is 18.2 Å². The van der Waals surface area contributed by atoms with E-state index in [0.29, 0.717) is 17.3 Å². The molecule has 5 nitrogen and oxygen atoms in total. The van der Waals surface area contributed by atoms with Gasteiger partial charge in [-0.3, -0.25) is 10.1 Å². The Morgan fingerprint density at radius 2 is 2.15 bits per heavy atom. The fraction of sp³-hybridized carbons (Fsp3) is 0.533. The van der Waals surface area contributed by atoms with Crippen molar-refractivity contribution in [3.05, 3.63) is 33.9 Å². The molecule has 5 heteroatoms. The molecule has 2 atom stereocenters. The molecular formula is C15H19N3O2. The highest BCUT2D eigenvalue weighted by molar-refractivity contribution is 5.61. The van der Waals surface area contributed by atoms with Gasteiger partial charge in [0, 0.05) is 18.2 Å². The number of non-ortho nitro benzene ring substituents is 1. The molecule has 0 aliphatic heterocycles. The molecule has 0 amide bonds. The number of nitro benzene ring substituents is 1. The van der Waals surface area contributed by atoms with Crippen LogP contribution in [-0.4, -0.2) is 11.0 Å². The Morgan fingerprint density at radius 1 is 1.35 bits per heavy atom. The number of nitrogens with one attached hydrogen (secondary N) is 1. The standard InChI is InChI=1S/C15H19N3O2/c1-11-3-2-4-13(6-5-11)17-15-8-7-14(18(19)20)9-12(15)10-16/h7-9,11,13,17H,2-6H2,1H3. The zero-order valence-corrected chi connectivity index (χ0v) is 11.6. The van der Waals surface area contributed by atoms with Crippen molar-refractivity contribution in [3.8, 4) is 6.07 Å². The second-order valence-electron chi connectivity index (χ2n) is 5.55. The topological polar surface area (TPSA) is 79.0 Å². The minimum Gasteiger partial charge on any atom is -0.381 e. The molecule has 0 aromatic heterocycles. The second-order valence-corrected chi connectivity index (χ2v) is 5.55. The highest BCUT2D eigenvalue weighted by Gasteiger charge is 2.18. The molecule has 1 aromatic rings. The van der Waals surface area contributed by atoms with E-state index in [1.54, 1.807) is 6.07 Å². The number of nitriles is 1. The monoisotopic (exact) mass is 273 g/mol. The zero-order chi connectivity index (χ0) is 14.5. The summed E-state index contributed by atoms with van der Waals surface area (Å²) in [6, 6.07) is 6.82. The van der Waals surface area contributed by atoms with E-state index in [0.717, 1.165) is 18.8 Å². The minimum absolute atomic E-state index is 0.0402. The van der Waals surface area contributed by atoms with Crippen LogP contribution < -0.4 is 5.32 Å². The van der Waals surface area contributed by atoms with Crippen molar-refractivity contribution in [2.45, 2.75) is 45.1 Å². The maximum Gasteiger partial charge on any atom is 0.270 e. The Labute approximate surface area is 118 Å². The first-order valence-corrected chi connectivity index (χ1v) is 7.05. The third-order valence-corrected chi connectivity index (χ3v) is 3.95. The van der Waals surface area contributed by atoms with Crippen LogP contribution in [0.5, 0.6) is 0 Å². The highest BCUT2D eigenvalue weighted by Crippen LogP contribution is 2.27. The summed E-state index contributed by atoms with van der Waals surface area (Å²) in [6.07, 6.45) is 5.80.